The Morgan fingerprint density at radius 1 is 1.25 bits per heavy atom. The van der Waals surface area contributed by atoms with E-state index in [1.807, 2.05) is 6.92 Å². The summed E-state index contributed by atoms with van der Waals surface area (Å²) in [5.41, 5.74) is 0. The van der Waals surface area contributed by atoms with Crippen molar-refractivity contribution in [3.63, 3.8) is 0 Å². The van der Waals surface area contributed by atoms with Gasteiger partial charge in [0.2, 0.25) is 0 Å². The van der Waals surface area contributed by atoms with Crippen LogP contribution in [-0.2, 0) is 14.6 Å². The normalized spacial score (nSPS) is 25.6. The van der Waals surface area contributed by atoms with Crippen LogP contribution in [0.3, 0.4) is 0 Å². The third kappa shape index (κ3) is 5.32. The molecule has 0 aromatic heterocycles. The molecule has 0 aromatic rings. The van der Waals surface area contributed by atoms with Gasteiger partial charge in [-0.3, -0.25) is 4.79 Å². The molecule has 0 amide bonds. The van der Waals surface area contributed by atoms with Gasteiger partial charge in [0.15, 0.2) is 5.12 Å². The van der Waals surface area contributed by atoms with Gasteiger partial charge in [0.05, 0.1) is 6.10 Å². The molecule has 4 heteroatoms. The molecule has 3 nitrogen and oxygen atoms in total. The van der Waals surface area contributed by atoms with E-state index in [0.717, 1.165) is 25.0 Å². The molecule has 16 heavy (non-hydrogen) atoms. The maximum atomic E-state index is 11.4. The predicted molar refractivity (Wildman–Crippen MR) is 66.3 cm³/mol. The van der Waals surface area contributed by atoms with E-state index in [9.17, 15) is 4.79 Å². The van der Waals surface area contributed by atoms with Crippen molar-refractivity contribution in [3.8, 4) is 0 Å². The minimum absolute atomic E-state index is 0.0237. The first-order valence-corrected chi connectivity index (χ1v) is 7.22. The molecule has 2 atom stereocenters. The van der Waals surface area contributed by atoms with Crippen LogP contribution < -0.4 is 0 Å². The zero-order valence-corrected chi connectivity index (χ0v) is 11.1. The smallest absolute Gasteiger partial charge is 0.191 e. The second-order valence-corrected chi connectivity index (χ2v) is 5.49. The number of carbonyl (C=O) groups is 1. The van der Waals surface area contributed by atoms with E-state index in [0.29, 0.717) is 6.42 Å². The first-order valence-electron chi connectivity index (χ1n) is 6.24. The van der Waals surface area contributed by atoms with Crippen LogP contribution in [0.2, 0.25) is 0 Å². The van der Waals surface area contributed by atoms with Gasteiger partial charge in [0.1, 0.15) is 6.10 Å². The molecule has 94 valence electrons. The lowest BCUT2D eigenvalue weighted by atomic mass is 10.0. The molecule has 0 radical (unpaired) electrons. The summed E-state index contributed by atoms with van der Waals surface area (Å²) in [6.07, 6.45) is 6.12. The topological polar surface area (TPSA) is 35.5 Å². The van der Waals surface area contributed by atoms with Crippen LogP contribution in [-0.4, -0.2) is 23.1 Å². The molecule has 0 spiro atoms. The fourth-order valence-corrected chi connectivity index (χ4v) is 2.42. The molecule has 1 fully saturated rings. The summed E-state index contributed by atoms with van der Waals surface area (Å²) in [5.74, 6) is 0.839. The molecule has 0 aromatic carbocycles. The Balaban J connectivity index is 2.14. The highest BCUT2D eigenvalue weighted by Gasteiger charge is 2.24. The second-order valence-electron chi connectivity index (χ2n) is 4.17. The van der Waals surface area contributed by atoms with Gasteiger partial charge in [-0.15, -0.1) is 0 Å². The zero-order chi connectivity index (χ0) is 11.8. The first kappa shape index (κ1) is 14.0. The molecule has 1 aliphatic heterocycles. The molecule has 2 unspecified atom stereocenters. The van der Waals surface area contributed by atoms with Crippen LogP contribution in [0, 0.1) is 0 Å². The Labute approximate surface area is 102 Å². The van der Waals surface area contributed by atoms with Crippen LogP contribution >= 0.6 is 11.8 Å². The number of hydrogen-bond acceptors (Lipinski definition) is 4. The maximum absolute atomic E-state index is 11.4. The van der Waals surface area contributed by atoms with Gasteiger partial charge in [0, 0.05) is 6.42 Å². The fraction of sp³-hybridized carbons (Fsp3) is 0.917. The summed E-state index contributed by atoms with van der Waals surface area (Å²) in [7, 11) is 0. The van der Waals surface area contributed by atoms with Crippen molar-refractivity contribution in [1.29, 1.82) is 0 Å². The van der Waals surface area contributed by atoms with Gasteiger partial charge in [-0.05, 0) is 25.0 Å². The Hall–Kier alpha value is -0.0600. The predicted octanol–water partition coefficient (Wildman–Crippen LogP) is 3.33. The monoisotopic (exact) mass is 246 g/mol. The average molecular weight is 246 g/mol. The van der Waals surface area contributed by atoms with E-state index in [1.54, 1.807) is 0 Å². The van der Waals surface area contributed by atoms with Gasteiger partial charge in [0.25, 0.3) is 0 Å². The summed E-state index contributed by atoms with van der Waals surface area (Å²) in [6.45, 7) is 4.16. The number of thioether (sulfide) groups is 1. The Kier molecular flexibility index (Phi) is 7.08. The quantitative estimate of drug-likeness (QED) is 0.673. The van der Waals surface area contributed by atoms with E-state index in [2.05, 4.69) is 6.92 Å². The molecule has 1 rings (SSSR count). The number of unbranched alkanes of at least 4 members (excludes halogenated alkanes) is 1. The van der Waals surface area contributed by atoms with Crippen molar-refractivity contribution in [3.05, 3.63) is 0 Å². The lowest BCUT2D eigenvalue weighted by Crippen LogP contribution is -2.28. The summed E-state index contributed by atoms with van der Waals surface area (Å²) in [4.78, 5) is 22.0. The Morgan fingerprint density at radius 2 is 1.94 bits per heavy atom. The average Bonchev–Trinajstić information content (AvgIpc) is 2.28. The largest absolute Gasteiger partial charge is 0.287 e. The van der Waals surface area contributed by atoms with Crippen molar-refractivity contribution < 1.29 is 14.6 Å². The SMILES string of the molecule is CCCCC1CCC(CC(=O)SCC)OO1. The van der Waals surface area contributed by atoms with Crippen molar-refractivity contribution >= 4 is 16.9 Å². The summed E-state index contributed by atoms with van der Waals surface area (Å²) in [6, 6.07) is 0. The number of rotatable bonds is 6. The minimum Gasteiger partial charge on any atom is -0.287 e. The van der Waals surface area contributed by atoms with E-state index in [4.69, 9.17) is 9.78 Å². The first-order chi connectivity index (χ1) is 7.76. The summed E-state index contributed by atoms with van der Waals surface area (Å²) in [5, 5.41) is 0.211. The van der Waals surface area contributed by atoms with E-state index >= 15 is 0 Å². The third-order valence-corrected chi connectivity index (χ3v) is 3.49. The molecule has 0 saturated carbocycles. The van der Waals surface area contributed by atoms with Crippen LogP contribution in [0.25, 0.3) is 0 Å². The summed E-state index contributed by atoms with van der Waals surface area (Å²) < 4.78 is 0. The van der Waals surface area contributed by atoms with Gasteiger partial charge in [-0.2, -0.15) is 0 Å². The molecular weight excluding hydrogens is 224 g/mol. The van der Waals surface area contributed by atoms with Crippen molar-refractivity contribution in [2.24, 2.45) is 0 Å². The maximum Gasteiger partial charge on any atom is 0.191 e. The van der Waals surface area contributed by atoms with E-state index < -0.39 is 0 Å². The second kappa shape index (κ2) is 8.09. The van der Waals surface area contributed by atoms with Crippen molar-refractivity contribution in [2.45, 2.75) is 64.6 Å². The zero-order valence-electron chi connectivity index (χ0n) is 10.2. The number of carbonyl (C=O) groups excluding carboxylic acids is 1. The lowest BCUT2D eigenvalue weighted by Gasteiger charge is -2.27. The fourth-order valence-electron chi connectivity index (χ4n) is 1.79. The minimum atomic E-state index is -0.0237. The standard InChI is InChI=1S/C12H22O3S/c1-3-5-6-10-7-8-11(15-14-10)9-12(13)16-4-2/h10-11H,3-9H2,1-2H3. The van der Waals surface area contributed by atoms with Gasteiger partial charge in [-0.25, -0.2) is 9.78 Å². The molecule has 1 saturated heterocycles. The van der Waals surface area contributed by atoms with Crippen molar-refractivity contribution in [2.75, 3.05) is 5.75 Å². The number of hydrogen-bond donors (Lipinski definition) is 0. The van der Waals surface area contributed by atoms with Crippen LogP contribution in [0.1, 0.15) is 52.4 Å². The molecule has 0 N–H and O–H groups in total. The highest BCUT2D eigenvalue weighted by molar-refractivity contribution is 8.13. The molecule has 1 aliphatic rings. The highest BCUT2D eigenvalue weighted by atomic mass is 32.2. The molecular formula is C12H22O3S. The molecule has 1 heterocycles. The van der Waals surface area contributed by atoms with Crippen LogP contribution in [0.4, 0.5) is 0 Å². The molecule has 0 bridgehead atoms. The van der Waals surface area contributed by atoms with E-state index in [1.165, 1.54) is 24.6 Å². The van der Waals surface area contributed by atoms with Crippen LogP contribution in [0.15, 0.2) is 0 Å². The van der Waals surface area contributed by atoms with Crippen molar-refractivity contribution in [1.82, 2.24) is 0 Å². The highest BCUT2D eigenvalue weighted by Crippen LogP contribution is 2.23. The van der Waals surface area contributed by atoms with Gasteiger partial charge in [-0.1, -0.05) is 38.5 Å². The van der Waals surface area contributed by atoms with E-state index in [-0.39, 0.29) is 17.3 Å². The summed E-state index contributed by atoms with van der Waals surface area (Å²) >= 11 is 1.37. The van der Waals surface area contributed by atoms with Gasteiger partial charge < -0.3 is 0 Å². The molecule has 0 aliphatic carbocycles. The van der Waals surface area contributed by atoms with Gasteiger partial charge >= 0.3 is 0 Å². The lowest BCUT2D eigenvalue weighted by molar-refractivity contribution is -0.373. The Morgan fingerprint density at radius 3 is 2.50 bits per heavy atom. The van der Waals surface area contributed by atoms with Crippen LogP contribution in [0.5, 0.6) is 0 Å². The Bertz CT molecular complexity index is 200. The third-order valence-electron chi connectivity index (χ3n) is 2.72.